The molecule has 1 aromatic rings. The van der Waals surface area contributed by atoms with Crippen LogP contribution in [0.2, 0.25) is 0 Å². The van der Waals surface area contributed by atoms with Crippen LogP contribution in [0.4, 0.5) is 0 Å². The maximum atomic E-state index is 13.2. The molecule has 1 heterocycles. The molecule has 2 saturated carbocycles. The lowest BCUT2D eigenvalue weighted by Crippen LogP contribution is -2.54. The Kier molecular flexibility index (Phi) is 2.47. The maximum Gasteiger partial charge on any atom is 0.255 e. The Hall–Kier alpha value is -1.82. The molecule has 1 amide bonds. The van der Waals surface area contributed by atoms with E-state index >= 15 is 0 Å². The van der Waals surface area contributed by atoms with Gasteiger partial charge in [0.1, 0.15) is 5.54 Å². The van der Waals surface area contributed by atoms with Gasteiger partial charge in [-0.2, -0.15) is 5.26 Å². The van der Waals surface area contributed by atoms with Crippen LogP contribution in [-0.4, -0.2) is 22.9 Å². The number of nitrogens with zero attached hydrogens (tertiary/aromatic N) is 2. The molecular formula is C19H22N2O. The molecule has 4 rings (SSSR count). The van der Waals surface area contributed by atoms with E-state index < -0.39 is 5.54 Å². The highest BCUT2D eigenvalue weighted by Crippen LogP contribution is 2.75. The van der Waals surface area contributed by atoms with Crippen molar-refractivity contribution in [2.24, 2.45) is 16.7 Å². The first kappa shape index (κ1) is 13.8. The van der Waals surface area contributed by atoms with Crippen molar-refractivity contribution >= 4 is 5.91 Å². The number of hydrogen-bond acceptors (Lipinski definition) is 2. The van der Waals surface area contributed by atoms with E-state index in [0.29, 0.717) is 5.92 Å². The fraction of sp³-hybridized carbons (Fsp3) is 0.579. The molecule has 3 heteroatoms. The van der Waals surface area contributed by atoms with Gasteiger partial charge in [-0.3, -0.25) is 4.79 Å². The minimum absolute atomic E-state index is 0.0370. The molecule has 4 bridgehead atoms. The highest BCUT2D eigenvalue weighted by molar-refractivity contribution is 5.97. The molecule has 3 aliphatic rings. The Morgan fingerprint density at radius 3 is 2.73 bits per heavy atom. The molecule has 0 N–H and O–H groups in total. The van der Waals surface area contributed by atoms with E-state index in [9.17, 15) is 10.1 Å². The third-order valence-electron chi connectivity index (χ3n) is 7.36. The lowest BCUT2D eigenvalue weighted by Gasteiger charge is -2.43. The molecule has 1 aromatic carbocycles. The summed E-state index contributed by atoms with van der Waals surface area (Å²) in [5.74, 6) is 0.632. The third kappa shape index (κ3) is 1.23. The van der Waals surface area contributed by atoms with Gasteiger partial charge < -0.3 is 4.90 Å². The van der Waals surface area contributed by atoms with E-state index in [4.69, 9.17) is 0 Å². The Balaban J connectivity index is 1.82. The van der Waals surface area contributed by atoms with Gasteiger partial charge in [-0.25, -0.2) is 0 Å². The highest BCUT2D eigenvalue weighted by Gasteiger charge is 2.78. The minimum atomic E-state index is -0.607. The largest absolute Gasteiger partial charge is 0.319 e. The molecule has 0 unspecified atom stereocenters. The summed E-state index contributed by atoms with van der Waals surface area (Å²) in [6.07, 6.45) is 3.14. The summed E-state index contributed by atoms with van der Waals surface area (Å²) < 4.78 is 0. The molecule has 114 valence electrons. The summed E-state index contributed by atoms with van der Waals surface area (Å²) in [5, 5.41) is 10.0. The molecule has 2 aliphatic carbocycles. The van der Waals surface area contributed by atoms with Crippen LogP contribution in [0.5, 0.6) is 0 Å². The first-order valence-corrected chi connectivity index (χ1v) is 8.18. The van der Waals surface area contributed by atoms with Crippen molar-refractivity contribution in [3.63, 3.8) is 0 Å². The van der Waals surface area contributed by atoms with Gasteiger partial charge in [-0.05, 0) is 49.1 Å². The van der Waals surface area contributed by atoms with Crippen LogP contribution in [-0.2, 0) is 0 Å². The number of benzene rings is 1. The first-order valence-electron chi connectivity index (χ1n) is 8.18. The van der Waals surface area contributed by atoms with Crippen LogP contribution in [0.15, 0.2) is 24.3 Å². The fourth-order valence-corrected chi connectivity index (χ4v) is 5.71. The Morgan fingerprint density at radius 1 is 1.36 bits per heavy atom. The normalized spacial score (nSPS) is 41.7. The van der Waals surface area contributed by atoms with Crippen LogP contribution in [0, 0.1) is 35.0 Å². The Morgan fingerprint density at radius 2 is 2.09 bits per heavy atom. The quantitative estimate of drug-likeness (QED) is 0.795. The van der Waals surface area contributed by atoms with Crippen LogP contribution in [0.3, 0.4) is 0 Å². The average Bonchev–Trinajstić information content (AvgIpc) is 2.96. The van der Waals surface area contributed by atoms with Crippen molar-refractivity contribution in [1.82, 2.24) is 4.90 Å². The van der Waals surface area contributed by atoms with Crippen molar-refractivity contribution in [1.29, 1.82) is 5.26 Å². The number of piperidine rings is 1. The van der Waals surface area contributed by atoms with Crippen molar-refractivity contribution in [3.05, 3.63) is 35.4 Å². The molecule has 1 saturated heterocycles. The summed E-state index contributed by atoms with van der Waals surface area (Å²) in [5.41, 5.74) is 1.17. The van der Waals surface area contributed by atoms with Crippen molar-refractivity contribution in [2.75, 3.05) is 6.54 Å². The maximum absolute atomic E-state index is 13.2. The van der Waals surface area contributed by atoms with E-state index in [2.05, 4.69) is 19.9 Å². The van der Waals surface area contributed by atoms with Crippen LogP contribution >= 0.6 is 0 Å². The van der Waals surface area contributed by atoms with Gasteiger partial charge in [-0.15, -0.1) is 0 Å². The topological polar surface area (TPSA) is 44.1 Å². The molecule has 3 nitrogen and oxygen atoms in total. The van der Waals surface area contributed by atoms with Gasteiger partial charge in [-0.1, -0.05) is 32.0 Å². The van der Waals surface area contributed by atoms with Gasteiger partial charge in [0.25, 0.3) is 5.91 Å². The average molecular weight is 294 g/mol. The predicted octanol–water partition coefficient (Wildman–Crippen LogP) is 3.54. The molecule has 0 spiro atoms. The standard InChI is InChI=1S/C19H22N2O/c1-13-6-4-5-7-15(13)16(22)21-12-17(2)14-8-9-18(17,3)19(21,10-14)11-20/h4-7,14H,8-10,12H2,1-3H3/t14-,17-,18+,19-/m0/s1. The van der Waals surface area contributed by atoms with E-state index in [1.807, 2.05) is 36.1 Å². The molecule has 3 fully saturated rings. The fourth-order valence-electron chi connectivity index (χ4n) is 5.71. The summed E-state index contributed by atoms with van der Waals surface area (Å²) in [4.78, 5) is 15.1. The number of aryl methyl sites for hydroxylation is 1. The second-order valence-electron chi connectivity index (χ2n) is 7.87. The van der Waals surface area contributed by atoms with Gasteiger partial charge >= 0.3 is 0 Å². The second kappa shape index (κ2) is 3.93. The van der Waals surface area contributed by atoms with Gasteiger partial charge in [0.15, 0.2) is 0 Å². The number of amides is 1. The molecule has 1 aliphatic heterocycles. The van der Waals surface area contributed by atoms with E-state index in [-0.39, 0.29) is 16.7 Å². The number of carbonyl (C=O) groups excluding carboxylic acids is 1. The summed E-state index contributed by atoms with van der Waals surface area (Å²) in [7, 11) is 0. The highest BCUT2D eigenvalue weighted by atomic mass is 16.2. The van der Waals surface area contributed by atoms with E-state index in [1.165, 1.54) is 6.42 Å². The second-order valence-corrected chi connectivity index (χ2v) is 7.87. The van der Waals surface area contributed by atoms with Crippen molar-refractivity contribution in [2.45, 2.75) is 45.6 Å². The van der Waals surface area contributed by atoms with Crippen LogP contribution < -0.4 is 0 Å². The van der Waals surface area contributed by atoms with Crippen LogP contribution in [0.1, 0.15) is 49.0 Å². The summed E-state index contributed by atoms with van der Waals surface area (Å²) in [6, 6.07) is 10.3. The number of carbonyl (C=O) groups is 1. The number of nitriles is 1. The molecular weight excluding hydrogens is 272 g/mol. The van der Waals surface area contributed by atoms with Crippen LogP contribution in [0.25, 0.3) is 0 Å². The van der Waals surface area contributed by atoms with Gasteiger partial charge in [0.05, 0.1) is 6.07 Å². The molecule has 22 heavy (non-hydrogen) atoms. The number of hydrogen-bond donors (Lipinski definition) is 0. The zero-order valence-corrected chi connectivity index (χ0v) is 13.5. The third-order valence-corrected chi connectivity index (χ3v) is 7.36. The summed E-state index contributed by atoms with van der Waals surface area (Å²) >= 11 is 0. The van der Waals surface area contributed by atoms with Crippen molar-refractivity contribution in [3.8, 4) is 6.07 Å². The van der Waals surface area contributed by atoms with Gasteiger partial charge in [0.2, 0.25) is 0 Å². The number of likely N-dealkylation sites (tertiary alicyclic amines) is 1. The smallest absolute Gasteiger partial charge is 0.255 e. The lowest BCUT2D eigenvalue weighted by atomic mass is 9.66. The SMILES string of the molecule is Cc1ccccc1C(=O)N1C[C@@]2(C)[C@H]3CC[C@@]2(C)[C@@]1(C#N)C3. The monoisotopic (exact) mass is 294 g/mol. The Labute approximate surface area is 131 Å². The predicted molar refractivity (Wildman–Crippen MR) is 84.1 cm³/mol. The van der Waals surface area contributed by atoms with Gasteiger partial charge in [0, 0.05) is 17.5 Å². The van der Waals surface area contributed by atoms with E-state index in [1.54, 1.807) is 0 Å². The zero-order valence-electron chi connectivity index (χ0n) is 13.5. The Bertz CT molecular complexity index is 720. The lowest BCUT2D eigenvalue weighted by molar-refractivity contribution is 0.0429. The summed E-state index contributed by atoms with van der Waals surface area (Å²) in [6.45, 7) is 7.24. The molecule has 0 radical (unpaired) electrons. The van der Waals surface area contributed by atoms with Crippen molar-refractivity contribution < 1.29 is 4.79 Å². The molecule has 0 aromatic heterocycles. The van der Waals surface area contributed by atoms with E-state index in [0.717, 1.165) is 30.5 Å². The minimum Gasteiger partial charge on any atom is -0.319 e. The number of rotatable bonds is 1. The zero-order chi connectivity index (χ0) is 15.8. The molecule has 4 atom stereocenters. The first-order chi connectivity index (χ1) is 10.4.